The van der Waals surface area contributed by atoms with Crippen LogP contribution in [0.2, 0.25) is 0 Å². The van der Waals surface area contributed by atoms with E-state index in [0.29, 0.717) is 12.8 Å². The molecular formula is C46H85NO13. The number of aliphatic hydroxyl groups is 8. The van der Waals surface area contributed by atoms with E-state index in [-0.39, 0.29) is 18.9 Å². The molecule has 60 heavy (non-hydrogen) atoms. The molecule has 2 aliphatic heterocycles. The molecule has 0 spiro atoms. The van der Waals surface area contributed by atoms with Gasteiger partial charge in [0.15, 0.2) is 12.6 Å². The Bertz CT molecular complexity index is 1110. The van der Waals surface area contributed by atoms with Crippen LogP contribution < -0.4 is 5.32 Å². The van der Waals surface area contributed by atoms with Crippen molar-refractivity contribution in [1.82, 2.24) is 5.32 Å². The number of hydrogen-bond acceptors (Lipinski definition) is 13. The van der Waals surface area contributed by atoms with Crippen molar-refractivity contribution >= 4 is 5.91 Å². The third-order valence-corrected chi connectivity index (χ3v) is 11.6. The standard InChI is InChI=1S/C46H85NO13/c1-3-5-7-9-10-11-12-13-14-15-16-17-18-19-20-21-22-23-24-25-26-27-29-35(50)34(47-38(51)30-28-8-6-4-2)33-57-45-43(56)41(54)44(37(32-49)59-45)60-46-42(55)40(53)39(52)36(31-48)58-46/h23-24,27,29,34-37,39-46,48-50,52-56H,3-22,25-26,28,30-33H2,1-2H3,(H,47,51)/b24-23+,29-27+. The molecule has 2 aliphatic rings. The Hall–Kier alpha value is -1.53. The minimum Gasteiger partial charge on any atom is -0.394 e. The van der Waals surface area contributed by atoms with E-state index in [1.165, 1.54) is 103 Å². The van der Waals surface area contributed by atoms with Crippen LogP contribution in [0.15, 0.2) is 24.3 Å². The number of carbonyl (C=O) groups excluding carboxylic acids is 1. The molecule has 352 valence electrons. The van der Waals surface area contributed by atoms with Crippen LogP contribution >= 0.6 is 0 Å². The topological polar surface area (TPSA) is 228 Å². The van der Waals surface area contributed by atoms with E-state index in [0.717, 1.165) is 32.1 Å². The number of carbonyl (C=O) groups is 1. The summed E-state index contributed by atoms with van der Waals surface area (Å²) < 4.78 is 22.5. The lowest BCUT2D eigenvalue weighted by Crippen LogP contribution is -2.65. The van der Waals surface area contributed by atoms with E-state index in [4.69, 9.17) is 18.9 Å². The van der Waals surface area contributed by atoms with Gasteiger partial charge in [-0.05, 0) is 32.1 Å². The first-order chi connectivity index (χ1) is 29.1. The first-order valence-electron chi connectivity index (χ1n) is 23.6. The van der Waals surface area contributed by atoms with Gasteiger partial charge in [0.05, 0.1) is 32.0 Å². The fourth-order valence-corrected chi connectivity index (χ4v) is 7.72. The zero-order valence-corrected chi connectivity index (χ0v) is 36.9. The van der Waals surface area contributed by atoms with Gasteiger partial charge in [-0.15, -0.1) is 0 Å². The second kappa shape index (κ2) is 34.0. The first-order valence-corrected chi connectivity index (χ1v) is 23.6. The minimum atomic E-state index is -1.79. The molecule has 9 N–H and O–H groups in total. The number of amides is 1. The molecule has 2 fully saturated rings. The van der Waals surface area contributed by atoms with Crippen molar-refractivity contribution in [2.24, 2.45) is 0 Å². The summed E-state index contributed by atoms with van der Waals surface area (Å²) in [6.45, 7) is 2.62. The molecule has 12 atom stereocenters. The third-order valence-electron chi connectivity index (χ3n) is 11.6. The lowest BCUT2D eigenvalue weighted by molar-refractivity contribution is -0.359. The van der Waals surface area contributed by atoms with Gasteiger partial charge in [0.1, 0.15) is 48.8 Å². The van der Waals surface area contributed by atoms with Crippen molar-refractivity contribution in [3.8, 4) is 0 Å². The van der Waals surface area contributed by atoms with Gasteiger partial charge in [0.25, 0.3) is 0 Å². The summed E-state index contributed by atoms with van der Waals surface area (Å²) in [5.74, 6) is -0.268. The van der Waals surface area contributed by atoms with Gasteiger partial charge in [-0.1, -0.05) is 154 Å². The number of allylic oxidation sites excluding steroid dienone is 3. The van der Waals surface area contributed by atoms with E-state index in [1.807, 2.05) is 6.08 Å². The molecule has 0 aromatic carbocycles. The molecule has 0 radical (unpaired) electrons. The Morgan fingerprint density at radius 3 is 1.63 bits per heavy atom. The van der Waals surface area contributed by atoms with Crippen molar-refractivity contribution in [3.63, 3.8) is 0 Å². The van der Waals surface area contributed by atoms with E-state index in [2.05, 4.69) is 31.3 Å². The van der Waals surface area contributed by atoms with E-state index in [9.17, 15) is 45.6 Å². The van der Waals surface area contributed by atoms with Gasteiger partial charge in [-0.25, -0.2) is 0 Å². The summed E-state index contributed by atoms with van der Waals surface area (Å²) in [7, 11) is 0. The van der Waals surface area contributed by atoms with Crippen molar-refractivity contribution in [2.45, 2.75) is 242 Å². The zero-order chi connectivity index (χ0) is 44.0. The van der Waals surface area contributed by atoms with Crippen molar-refractivity contribution in [1.29, 1.82) is 0 Å². The number of rotatable bonds is 35. The summed E-state index contributed by atoms with van der Waals surface area (Å²) in [6.07, 6.45) is 18.9. The van der Waals surface area contributed by atoms with Crippen LogP contribution in [0.5, 0.6) is 0 Å². The van der Waals surface area contributed by atoms with Gasteiger partial charge in [-0.2, -0.15) is 0 Å². The lowest BCUT2D eigenvalue weighted by atomic mass is 9.97. The SMILES string of the molecule is CCCCCCCCCCCCCCCCCC/C=C/CC/C=C/C(O)C(COC1OC(CO)C(OC2OC(CO)C(O)C(O)C2O)C(O)C1O)NC(=O)CCCCCC. The number of nitrogens with one attached hydrogen (secondary N) is 1. The molecule has 2 saturated heterocycles. The monoisotopic (exact) mass is 860 g/mol. The fourth-order valence-electron chi connectivity index (χ4n) is 7.72. The Morgan fingerprint density at radius 1 is 0.583 bits per heavy atom. The molecule has 12 unspecified atom stereocenters. The average molecular weight is 860 g/mol. The number of ether oxygens (including phenoxy) is 4. The van der Waals surface area contributed by atoms with Gasteiger partial charge >= 0.3 is 0 Å². The van der Waals surface area contributed by atoms with Crippen LogP contribution in [0, 0.1) is 0 Å². The predicted molar refractivity (Wildman–Crippen MR) is 231 cm³/mol. The molecule has 1 amide bonds. The largest absolute Gasteiger partial charge is 0.394 e. The van der Waals surface area contributed by atoms with E-state index >= 15 is 0 Å². The number of hydrogen-bond donors (Lipinski definition) is 9. The maximum Gasteiger partial charge on any atom is 0.220 e. The second-order valence-corrected chi connectivity index (χ2v) is 16.9. The Kier molecular flexibility index (Phi) is 30.9. The molecule has 0 aromatic heterocycles. The minimum absolute atomic E-state index is 0.266. The first kappa shape index (κ1) is 54.6. The van der Waals surface area contributed by atoms with Crippen molar-refractivity contribution < 1.29 is 64.6 Å². The number of unbranched alkanes of at least 4 members (excludes halogenated alkanes) is 20. The molecule has 14 heteroatoms. The summed E-state index contributed by atoms with van der Waals surface area (Å²) in [5, 5.41) is 86.0. The van der Waals surface area contributed by atoms with Crippen LogP contribution in [0.4, 0.5) is 0 Å². The van der Waals surface area contributed by atoms with Crippen molar-refractivity contribution in [3.05, 3.63) is 24.3 Å². The fraction of sp³-hybridized carbons (Fsp3) is 0.891. The van der Waals surface area contributed by atoms with Gasteiger partial charge in [0.2, 0.25) is 5.91 Å². The quantitative estimate of drug-likeness (QED) is 0.0303. The highest BCUT2D eigenvalue weighted by molar-refractivity contribution is 5.76. The Morgan fingerprint density at radius 2 is 1.07 bits per heavy atom. The molecule has 14 nitrogen and oxygen atoms in total. The highest BCUT2D eigenvalue weighted by atomic mass is 16.7. The summed E-state index contributed by atoms with van der Waals surface area (Å²) in [4.78, 5) is 12.8. The normalized spacial score (nSPS) is 28.4. The van der Waals surface area contributed by atoms with Crippen LogP contribution in [0.25, 0.3) is 0 Å². The van der Waals surface area contributed by atoms with Crippen LogP contribution in [0.1, 0.15) is 168 Å². The molecular weight excluding hydrogens is 775 g/mol. The maximum atomic E-state index is 12.8. The van der Waals surface area contributed by atoms with Crippen LogP contribution in [-0.2, 0) is 23.7 Å². The molecule has 2 heterocycles. The Labute approximate surface area is 360 Å². The van der Waals surface area contributed by atoms with Gasteiger partial charge in [0, 0.05) is 6.42 Å². The van der Waals surface area contributed by atoms with Crippen molar-refractivity contribution in [2.75, 3.05) is 19.8 Å². The highest BCUT2D eigenvalue weighted by Gasteiger charge is 2.50. The highest BCUT2D eigenvalue weighted by Crippen LogP contribution is 2.30. The predicted octanol–water partition coefficient (Wildman–Crippen LogP) is 4.99. The lowest BCUT2D eigenvalue weighted by Gasteiger charge is -2.46. The molecule has 0 saturated carbocycles. The second-order valence-electron chi connectivity index (χ2n) is 16.9. The number of aliphatic hydroxyl groups excluding tert-OH is 8. The third kappa shape index (κ3) is 21.7. The van der Waals surface area contributed by atoms with E-state index < -0.39 is 86.8 Å². The molecule has 2 rings (SSSR count). The molecule has 0 aliphatic carbocycles. The van der Waals surface area contributed by atoms with E-state index in [1.54, 1.807) is 6.08 Å². The summed E-state index contributed by atoms with van der Waals surface area (Å²) >= 11 is 0. The smallest absolute Gasteiger partial charge is 0.220 e. The Balaban J connectivity index is 1.76. The maximum absolute atomic E-state index is 12.8. The summed E-state index contributed by atoms with van der Waals surface area (Å²) in [6, 6.07) is -0.922. The zero-order valence-electron chi connectivity index (χ0n) is 36.9. The van der Waals surface area contributed by atoms with Crippen LogP contribution in [-0.4, -0.2) is 140 Å². The van der Waals surface area contributed by atoms with Crippen LogP contribution in [0.3, 0.4) is 0 Å². The molecule has 0 aromatic rings. The van der Waals surface area contributed by atoms with Gasteiger partial charge in [-0.3, -0.25) is 4.79 Å². The molecule has 0 bridgehead atoms. The average Bonchev–Trinajstić information content (AvgIpc) is 3.24. The van der Waals surface area contributed by atoms with Gasteiger partial charge < -0.3 is 65.1 Å². The summed E-state index contributed by atoms with van der Waals surface area (Å²) in [5.41, 5.74) is 0.